The number of carbonyl (C=O) groups excluding carboxylic acids is 1. The molecule has 2 rings (SSSR count). The lowest BCUT2D eigenvalue weighted by atomic mass is 9.92. The summed E-state index contributed by atoms with van der Waals surface area (Å²) in [4.78, 5) is 14.1. The highest BCUT2D eigenvalue weighted by Crippen LogP contribution is 2.27. The molecule has 1 amide bonds. The van der Waals surface area contributed by atoms with Crippen molar-refractivity contribution in [2.75, 3.05) is 25.0 Å². The fraction of sp³-hybridized carbons (Fsp3) is 0.536. The van der Waals surface area contributed by atoms with Crippen LogP contribution in [0.25, 0.3) is 0 Å². The van der Waals surface area contributed by atoms with Gasteiger partial charge in [0.25, 0.3) is 0 Å². The number of hydrogen-bond acceptors (Lipinski definition) is 3. The first-order valence-electron chi connectivity index (χ1n) is 12.3. The maximum atomic E-state index is 12.2. The van der Waals surface area contributed by atoms with Crippen LogP contribution in [0.3, 0.4) is 0 Å². The molecule has 0 aromatic heterocycles. The van der Waals surface area contributed by atoms with Crippen LogP contribution in [0.1, 0.15) is 79.7 Å². The highest BCUT2D eigenvalue weighted by atomic mass is 16.2. The van der Waals surface area contributed by atoms with Crippen LogP contribution in [-0.4, -0.2) is 36.5 Å². The quantitative estimate of drug-likeness (QED) is 0.410. The molecule has 0 spiro atoms. The second-order valence-electron chi connectivity index (χ2n) is 7.82. The topological polar surface area (TPSA) is 44.4 Å². The van der Waals surface area contributed by atoms with E-state index < -0.39 is 0 Å². The number of hydrogen-bond donors (Lipinski definition) is 2. The summed E-state index contributed by atoms with van der Waals surface area (Å²) >= 11 is 0. The van der Waals surface area contributed by atoms with Crippen LogP contribution in [0.15, 0.2) is 60.3 Å². The van der Waals surface area contributed by atoms with Gasteiger partial charge in [-0.1, -0.05) is 79.3 Å². The van der Waals surface area contributed by atoms with Crippen LogP contribution >= 0.6 is 0 Å². The number of rotatable bonds is 9. The van der Waals surface area contributed by atoms with E-state index in [0.29, 0.717) is 12.5 Å². The monoisotopic (exact) mass is 441 g/mol. The summed E-state index contributed by atoms with van der Waals surface area (Å²) in [6, 6.07) is 8.70. The Labute approximate surface area is 197 Å². The fourth-order valence-corrected chi connectivity index (χ4v) is 3.70. The number of carbonyl (C=O) groups is 1. The van der Waals surface area contributed by atoms with Gasteiger partial charge >= 0.3 is 0 Å². The molecule has 180 valence electrons. The zero-order chi connectivity index (χ0) is 24.7. The summed E-state index contributed by atoms with van der Waals surface area (Å²) in [7, 11) is 0. The van der Waals surface area contributed by atoms with Gasteiger partial charge in [0.05, 0.1) is 6.04 Å². The third kappa shape index (κ3) is 9.04. The molecule has 0 saturated carbocycles. The molecular formula is C28H47N3O. The Balaban J connectivity index is 0.00000227. The van der Waals surface area contributed by atoms with Gasteiger partial charge in [-0.15, -0.1) is 0 Å². The first-order valence-corrected chi connectivity index (χ1v) is 12.3. The number of amides is 1. The van der Waals surface area contributed by atoms with E-state index in [1.54, 1.807) is 0 Å². The molecule has 2 N–H and O–H groups in total. The van der Waals surface area contributed by atoms with Crippen molar-refractivity contribution in [1.82, 2.24) is 10.2 Å². The minimum absolute atomic E-state index is 0.0194. The molecule has 1 aromatic rings. The van der Waals surface area contributed by atoms with Gasteiger partial charge in [0, 0.05) is 37.4 Å². The summed E-state index contributed by atoms with van der Waals surface area (Å²) in [6.07, 6.45) is 3.23. The van der Waals surface area contributed by atoms with Crippen molar-refractivity contribution >= 4 is 11.6 Å². The Kier molecular flexibility index (Phi) is 15.1. The van der Waals surface area contributed by atoms with Gasteiger partial charge in [-0.3, -0.25) is 4.79 Å². The predicted octanol–water partition coefficient (Wildman–Crippen LogP) is 6.89. The summed E-state index contributed by atoms with van der Waals surface area (Å²) in [6.45, 7) is 26.6. The van der Waals surface area contributed by atoms with E-state index >= 15 is 0 Å². The summed E-state index contributed by atoms with van der Waals surface area (Å²) in [5, 5.41) is 7.18. The highest BCUT2D eigenvalue weighted by molar-refractivity contribution is 5.87. The third-order valence-electron chi connectivity index (χ3n) is 5.15. The van der Waals surface area contributed by atoms with Gasteiger partial charge in [0.2, 0.25) is 5.91 Å². The molecule has 1 unspecified atom stereocenters. The van der Waals surface area contributed by atoms with Crippen molar-refractivity contribution in [3.8, 4) is 0 Å². The van der Waals surface area contributed by atoms with Crippen molar-refractivity contribution in [3.63, 3.8) is 0 Å². The fourth-order valence-electron chi connectivity index (χ4n) is 3.70. The molecule has 1 aliphatic rings. The summed E-state index contributed by atoms with van der Waals surface area (Å²) < 4.78 is 0. The lowest BCUT2D eigenvalue weighted by molar-refractivity contribution is -0.126. The molecule has 32 heavy (non-hydrogen) atoms. The maximum absolute atomic E-state index is 12.2. The molecule has 0 aliphatic carbocycles. The van der Waals surface area contributed by atoms with Gasteiger partial charge in [-0.05, 0) is 48.6 Å². The largest absolute Gasteiger partial charge is 0.359 e. The number of nitrogens with zero attached hydrogens (tertiary/aromatic N) is 1. The number of benzene rings is 1. The zero-order valence-electron chi connectivity index (χ0n) is 21.8. The average molecular weight is 442 g/mol. The van der Waals surface area contributed by atoms with Crippen molar-refractivity contribution < 1.29 is 4.79 Å². The Hall–Kier alpha value is -2.33. The van der Waals surface area contributed by atoms with Crippen molar-refractivity contribution in [2.24, 2.45) is 0 Å². The Morgan fingerprint density at radius 1 is 1.22 bits per heavy atom. The Morgan fingerprint density at radius 2 is 1.81 bits per heavy atom. The van der Waals surface area contributed by atoms with Crippen LogP contribution in [-0.2, 0) is 4.79 Å². The van der Waals surface area contributed by atoms with Crippen molar-refractivity contribution in [2.45, 2.75) is 80.2 Å². The van der Waals surface area contributed by atoms with Crippen LogP contribution in [0.2, 0.25) is 0 Å². The van der Waals surface area contributed by atoms with Gasteiger partial charge in [-0.25, -0.2) is 0 Å². The Bertz CT molecular complexity index is 732. The van der Waals surface area contributed by atoms with E-state index in [9.17, 15) is 4.79 Å². The normalized spacial score (nSPS) is 15.1. The van der Waals surface area contributed by atoms with E-state index in [4.69, 9.17) is 0 Å². The first kappa shape index (κ1) is 29.7. The number of anilines is 1. The Morgan fingerprint density at radius 3 is 2.28 bits per heavy atom. The minimum Gasteiger partial charge on any atom is -0.359 e. The molecule has 4 nitrogen and oxygen atoms in total. The van der Waals surface area contributed by atoms with Gasteiger partial charge in [-0.2, -0.15) is 0 Å². The lowest BCUT2D eigenvalue weighted by Gasteiger charge is -2.34. The van der Waals surface area contributed by atoms with E-state index in [2.05, 4.69) is 68.8 Å². The van der Waals surface area contributed by atoms with Crippen molar-refractivity contribution in [1.29, 1.82) is 0 Å². The van der Waals surface area contributed by atoms with Crippen LogP contribution in [0, 0.1) is 0 Å². The molecule has 0 radical (unpaired) electrons. The third-order valence-corrected chi connectivity index (χ3v) is 5.15. The molecule has 1 aromatic carbocycles. The molecule has 1 aliphatic heterocycles. The van der Waals surface area contributed by atoms with Crippen molar-refractivity contribution in [3.05, 3.63) is 65.9 Å². The standard InChI is InChI=1S/C24H35N3O.2C2H6/c1-7-15-27(23(28)8-2)16-22-24(18(5)6)21(13-14-25-22)26-20-11-9-19(10-12-20)17(3)4;2*1-2/h8-12,17,22,25-26H,2,5,7,13-16H2,1,3-4,6H3;2*1-2H3. The summed E-state index contributed by atoms with van der Waals surface area (Å²) in [5.41, 5.74) is 5.82. The minimum atomic E-state index is -0.0194. The zero-order valence-corrected chi connectivity index (χ0v) is 21.8. The molecule has 1 heterocycles. The second kappa shape index (κ2) is 16.3. The smallest absolute Gasteiger partial charge is 0.246 e. The number of nitrogens with one attached hydrogen (secondary N) is 2. The molecule has 0 bridgehead atoms. The van der Waals surface area contributed by atoms with Gasteiger partial charge < -0.3 is 15.5 Å². The second-order valence-corrected chi connectivity index (χ2v) is 7.82. The van der Waals surface area contributed by atoms with Crippen LogP contribution in [0.4, 0.5) is 5.69 Å². The van der Waals surface area contributed by atoms with Crippen LogP contribution < -0.4 is 10.6 Å². The van der Waals surface area contributed by atoms with Gasteiger partial charge in [0.15, 0.2) is 0 Å². The van der Waals surface area contributed by atoms with E-state index in [1.165, 1.54) is 22.9 Å². The molecule has 4 heteroatoms. The lowest BCUT2D eigenvalue weighted by Crippen LogP contribution is -2.47. The molecule has 0 fully saturated rings. The van der Waals surface area contributed by atoms with Crippen LogP contribution in [0.5, 0.6) is 0 Å². The van der Waals surface area contributed by atoms with E-state index in [0.717, 1.165) is 37.2 Å². The maximum Gasteiger partial charge on any atom is 0.246 e. The average Bonchev–Trinajstić information content (AvgIpc) is 2.81. The predicted molar refractivity (Wildman–Crippen MR) is 142 cm³/mol. The molecular weight excluding hydrogens is 394 g/mol. The van der Waals surface area contributed by atoms with Gasteiger partial charge in [0.1, 0.15) is 0 Å². The SMILES string of the molecule is C=CC(=O)N(CCC)CC1NCCC(Nc2ccc(C(C)C)cc2)=C1C(=C)C.CC.CC. The summed E-state index contributed by atoms with van der Waals surface area (Å²) in [5.74, 6) is 0.503. The van der Waals surface area contributed by atoms with E-state index in [1.807, 2.05) is 39.5 Å². The highest BCUT2D eigenvalue weighted by Gasteiger charge is 2.26. The van der Waals surface area contributed by atoms with E-state index in [-0.39, 0.29) is 11.9 Å². The molecule has 1 atom stereocenters. The first-order chi connectivity index (χ1) is 15.4. The molecule has 0 saturated heterocycles.